The number of hydrogen-bond acceptors (Lipinski definition) is 5. The lowest BCUT2D eigenvalue weighted by molar-refractivity contribution is -0.133. The number of aromatic amines is 1. The molecule has 0 spiro atoms. The number of benzene rings is 3. The number of para-hydroxylation sites is 3. The van der Waals surface area contributed by atoms with Crippen LogP contribution in [0.2, 0.25) is 0 Å². The molecule has 42 heavy (non-hydrogen) atoms. The number of likely N-dealkylation sites (tertiary alicyclic amines) is 1. The van der Waals surface area contributed by atoms with E-state index in [4.69, 9.17) is 0 Å². The molecule has 0 saturated carbocycles. The molecule has 10 nitrogen and oxygen atoms in total. The van der Waals surface area contributed by atoms with E-state index in [2.05, 4.69) is 27.3 Å². The number of carbonyl (C=O) groups excluding carboxylic acids is 2. The number of carbonyl (C=O) groups is 2. The Bertz CT molecular complexity index is 1580. The maximum atomic E-state index is 13.8. The van der Waals surface area contributed by atoms with Gasteiger partial charge in [0, 0.05) is 57.4 Å². The molecule has 2 saturated heterocycles. The van der Waals surface area contributed by atoms with Crippen LogP contribution in [-0.4, -0.2) is 81.7 Å². The Balaban J connectivity index is 1.11. The zero-order valence-corrected chi connectivity index (χ0v) is 23.5. The number of phenols is 1. The molecule has 0 unspecified atom stereocenters. The fourth-order valence-corrected chi connectivity index (χ4v) is 6.12. The van der Waals surface area contributed by atoms with E-state index in [0.717, 1.165) is 35.4 Å². The van der Waals surface area contributed by atoms with Crippen LogP contribution >= 0.6 is 0 Å². The van der Waals surface area contributed by atoms with Gasteiger partial charge in [0.05, 0.1) is 11.0 Å². The van der Waals surface area contributed by atoms with Gasteiger partial charge in [-0.05, 0) is 54.8 Å². The lowest BCUT2D eigenvalue weighted by Gasteiger charge is -2.38. The molecule has 2 aliphatic rings. The Morgan fingerprint density at radius 2 is 1.50 bits per heavy atom. The van der Waals surface area contributed by atoms with Gasteiger partial charge >= 0.3 is 11.7 Å². The van der Waals surface area contributed by atoms with Gasteiger partial charge in [0.2, 0.25) is 5.91 Å². The molecule has 6 rings (SSSR count). The minimum Gasteiger partial charge on any atom is -0.508 e. The number of anilines is 1. The van der Waals surface area contributed by atoms with Crippen LogP contribution in [0.1, 0.15) is 24.4 Å². The lowest BCUT2D eigenvalue weighted by atomic mass is 10.0. The number of phenolic OH excluding ortho intramolecular Hbond substituents is 1. The number of nitrogens with one attached hydrogen (secondary N) is 2. The van der Waals surface area contributed by atoms with Crippen LogP contribution in [0.3, 0.4) is 0 Å². The summed E-state index contributed by atoms with van der Waals surface area (Å²) < 4.78 is 1.80. The zero-order chi connectivity index (χ0) is 29.1. The number of fused-ring (bicyclic) bond motifs is 1. The van der Waals surface area contributed by atoms with Crippen molar-refractivity contribution in [1.82, 2.24) is 24.7 Å². The Hall–Kier alpha value is -4.73. The average molecular weight is 569 g/mol. The van der Waals surface area contributed by atoms with Crippen LogP contribution in [-0.2, 0) is 11.2 Å². The predicted molar refractivity (Wildman–Crippen MR) is 162 cm³/mol. The maximum absolute atomic E-state index is 13.8. The van der Waals surface area contributed by atoms with E-state index in [1.54, 1.807) is 33.7 Å². The minimum absolute atomic E-state index is 0.00645. The summed E-state index contributed by atoms with van der Waals surface area (Å²) in [5, 5.41) is 12.7. The van der Waals surface area contributed by atoms with Gasteiger partial charge in [-0.2, -0.15) is 0 Å². The first kappa shape index (κ1) is 27.4. The van der Waals surface area contributed by atoms with Gasteiger partial charge in [-0.25, -0.2) is 9.59 Å². The van der Waals surface area contributed by atoms with Crippen LogP contribution < -0.4 is 15.9 Å². The fourth-order valence-electron chi connectivity index (χ4n) is 6.12. The number of piperazine rings is 1. The second-order valence-corrected chi connectivity index (χ2v) is 11.1. The minimum atomic E-state index is -0.737. The molecular weight excluding hydrogens is 532 g/mol. The normalized spacial score (nSPS) is 16.9. The molecule has 0 bridgehead atoms. The highest BCUT2D eigenvalue weighted by Gasteiger charge is 2.32. The van der Waals surface area contributed by atoms with Gasteiger partial charge in [-0.3, -0.25) is 9.36 Å². The summed E-state index contributed by atoms with van der Waals surface area (Å²) in [7, 11) is 0. The number of aromatic hydroxyl groups is 1. The molecule has 2 fully saturated rings. The Morgan fingerprint density at radius 3 is 2.21 bits per heavy atom. The molecule has 3 aromatic carbocycles. The number of imidazole rings is 1. The quantitative estimate of drug-likeness (QED) is 0.330. The van der Waals surface area contributed by atoms with E-state index in [0.29, 0.717) is 45.4 Å². The molecule has 1 atom stereocenters. The van der Waals surface area contributed by atoms with E-state index in [1.165, 1.54) is 0 Å². The van der Waals surface area contributed by atoms with Crippen molar-refractivity contribution in [3.8, 4) is 5.75 Å². The van der Waals surface area contributed by atoms with Crippen molar-refractivity contribution in [3.63, 3.8) is 0 Å². The molecule has 0 radical (unpaired) electrons. The number of amides is 3. The van der Waals surface area contributed by atoms with Gasteiger partial charge < -0.3 is 30.1 Å². The first-order valence-corrected chi connectivity index (χ1v) is 14.6. The third kappa shape index (κ3) is 5.83. The number of urea groups is 1. The van der Waals surface area contributed by atoms with Gasteiger partial charge in [-0.1, -0.05) is 42.5 Å². The molecule has 3 N–H and O–H groups in total. The highest BCUT2D eigenvalue weighted by atomic mass is 16.3. The van der Waals surface area contributed by atoms with Crippen molar-refractivity contribution in [3.05, 3.63) is 94.9 Å². The van der Waals surface area contributed by atoms with E-state index >= 15 is 0 Å². The van der Waals surface area contributed by atoms with Crippen molar-refractivity contribution in [2.45, 2.75) is 31.3 Å². The Morgan fingerprint density at radius 1 is 0.833 bits per heavy atom. The van der Waals surface area contributed by atoms with Gasteiger partial charge in [0.15, 0.2) is 0 Å². The van der Waals surface area contributed by atoms with E-state index in [1.807, 2.05) is 47.4 Å². The molecule has 3 amide bonds. The van der Waals surface area contributed by atoms with Crippen LogP contribution in [0.25, 0.3) is 11.0 Å². The number of aromatic nitrogens is 2. The predicted octanol–water partition coefficient (Wildman–Crippen LogP) is 3.34. The Labute approximate surface area is 244 Å². The molecule has 3 heterocycles. The second-order valence-electron chi connectivity index (χ2n) is 11.1. The largest absolute Gasteiger partial charge is 0.508 e. The number of hydrogen-bond donors (Lipinski definition) is 3. The average Bonchev–Trinajstić information content (AvgIpc) is 3.37. The maximum Gasteiger partial charge on any atom is 0.326 e. The summed E-state index contributed by atoms with van der Waals surface area (Å²) in [6.45, 7) is 3.55. The number of nitrogens with zero attached hydrogens (tertiary/aromatic N) is 4. The summed E-state index contributed by atoms with van der Waals surface area (Å²) in [4.78, 5) is 48.7. The molecule has 218 valence electrons. The van der Waals surface area contributed by atoms with Crippen molar-refractivity contribution < 1.29 is 14.7 Å². The molecule has 2 aliphatic heterocycles. The van der Waals surface area contributed by atoms with Crippen LogP contribution in [0, 0.1) is 0 Å². The SMILES string of the molecule is O=C(N[C@@H](Cc1ccc(O)cc1)C(=O)N1CCN(c2ccccc2)CC1)N1CCC(n2c(=O)[nH]c3ccccc32)CC1. The topological polar surface area (TPSA) is 114 Å². The zero-order valence-electron chi connectivity index (χ0n) is 23.5. The van der Waals surface area contributed by atoms with Gasteiger partial charge in [0.1, 0.15) is 11.8 Å². The highest BCUT2D eigenvalue weighted by Crippen LogP contribution is 2.25. The third-order valence-corrected chi connectivity index (χ3v) is 8.43. The molecule has 1 aromatic heterocycles. The van der Waals surface area contributed by atoms with E-state index in [-0.39, 0.29) is 29.4 Å². The number of rotatable bonds is 6. The standard InChI is InChI=1S/C32H36N6O4/c39-26-12-10-23(11-13-26)22-28(30(40)36-20-18-35(19-21-36)24-6-2-1-3-7-24)34-31(41)37-16-14-25(15-17-37)38-29-9-5-4-8-27(29)33-32(38)42/h1-13,25,28,39H,14-22H2,(H,33,42)(H,34,41)/t28-/m0/s1. The second kappa shape index (κ2) is 12.0. The third-order valence-electron chi connectivity index (χ3n) is 8.43. The lowest BCUT2D eigenvalue weighted by Crippen LogP contribution is -2.57. The first-order chi connectivity index (χ1) is 20.5. The van der Waals surface area contributed by atoms with Crippen molar-refractivity contribution in [2.24, 2.45) is 0 Å². The fraction of sp³-hybridized carbons (Fsp3) is 0.344. The summed E-state index contributed by atoms with van der Waals surface area (Å²) in [5.74, 6) is 0.0456. The van der Waals surface area contributed by atoms with Crippen molar-refractivity contribution in [1.29, 1.82) is 0 Å². The molecule has 0 aliphatic carbocycles. The van der Waals surface area contributed by atoms with Gasteiger partial charge in [-0.15, -0.1) is 0 Å². The van der Waals surface area contributed by atoms with Crippen molar-refractivity contribution in [2.75, 3.05) is 44.2 Å². The molecule has 4 aromatic rings. The van der Waals surface area contributed by atoms with Crippen LogP contribution in [0.5, 0.6) is 5.75 Å². The summed E-state index contributed by atoms with van der Waals surface area (Å²) in [5.41, 5.74) is 3.54. The smallest absolute Gasteiger partial charge is 0.326 e. The number of H-pyrrole nitrogens is 1. The molecular formula is C32H36N6O4. The Kier molecular flexibility index (Phi) is 7.85. The number of piperidine rings is 1. The summed E-state index contributed by atoms with van der Waals surface area (Å²) in [6.07, 6.45) is 1.62. The van der Waals surface area contributed by atoms with Crippen LogP contribution in [0.15, 0.2) is 83.7 Å². The van der Waals surface area contributed by atoms with Crippen LogP contribution in [0.4, 0.5) is 10.5 Å². The van der Waals surface area contributed by atoms with E-state index < -0.39 is 6.04 Å². The monoisotopic (exact) mass is 568 g/mol. The van der Waals surface area contributed by atoms with Crippen molar-refractivity contribution >= 4 is 28.7 Å². The molecule has 10 heteroatoms. The summed E-state index contributed by atoms with van der Waals surface area (Å²) in [6, 6.07) is 23.5. The first-order valence-electron chi connectivity index (χ1n) is 14.6. The van der Waals surface area contributed by atoms with Gasteiger partial charge in [0.25, 0.3) is 0 Å². The highest BCUT2D eigenvalue weighted by molar-refractivity contribution is 5.87. The summed E-state index contributed by atoms with van der Waals surface area (Å²) >= 11 is 0. The van der Waals surface area contributed by atoms with E-state index in [9.17, 15) is 19.5 Å².